The molecule has 0 saturated carbocycles. The molecule has 2 heterocycles. The smallest absolute Gasteiger partial charge is 0.192 e. The van der Waals surface area contributed by atoms with E-state index in [0.29, 0.717) is 11.3 Å². The molecule has 86 valence electrons. The molecule has 0 amide bonds. The summed E-state index contributed by atoms with van der Waals surface area (Å²) in [7, 11) is 0. The molecule has 2 aliphatic heterocycles. The topological polar surface area (TPSA) is 41.6 Å². The summed E-state index contributed by atoms with van der Waals surface area (Å²) in [4.78, 5) is 6.87. The second-order valence-electron chi connectivity index (χ2n) is 4.67. The van der Waals surface area contributed by atoms with Crippen LogP contribution in [0.3, 0.4) is 0 Å². The first-order valence-electron chi connectivity index (χ1n) is 5.82. The van der Waals surface area contributed by atoms with Crippen molar-refractivity contribution in [2.24, 2.45) is 10.7 Å². The quantitative estimate of drug-likeness (QED) is 0.780. The average molecular weight is 227 g/mol. The number of thioether (sulfide) groups is 1. The van der Waals surface area contributed by atoms with Gasteiger partial charge in [0.15, 0.2) is 5.96 Å². The van der Waals surface area contributed by atoms with E-state index in [4.69, 9.17) is 5.73 Å². The van der Waals surface area contributed by atoms with Crippen molar-refractivity contribution in [2.45, 2.75) is 50.4 Å². The van der Waals surface area contributed by atoms with Gasteiger partial charge in [-0.2, -0.15) is 11.8 Å². The third-order valence-corrected chi connectivity index (χ3v) is 5.31. The van der Waals surface area contributed by atoms with Crippen LogP contribution in [-0.4, -0.2) is 40.0 Å². The highest BCUT2D eigenvalue weighted by Crippen LogP contribution is 2.43. The minimum Gasteiger partial charge on any atom is -0.370 e. The summed E-state index contributed by atoms with van der Waals surface area (Å²) in [6.45, 7) is 7.69. The maximum absolute atomic E-state index is 6.04. The molecule has 3 nitrogen and oxygen atoms in total. The number of hydrogen-bond donors (Lipinski definition) is 1. The van der Waals surface area contributed by atoms with Gasteiger partial charge in [-0.3, -0.25) is 4.99 Å². The molecule has 1 saturated heterocycles. The van der Waals surface area contributed by atoms with E-state index < -0.39 is 0 Å². The Morgan fingerprint density at radius 2 is 2.47 bits per heavy atom. The lowest BCUT2D eigenvalue weighted by atomic mass is 9.90. The number of aliphatic imine (C=N–C) groups is 1. The Morgan fingerprint density at radius 3 is 3.00 bits per heavy atom. The van der Waals surface area contributed by atoms with Gasteiger partial charge < -0.3 is 10.6 Å². The molecule has 2 rings (SSSR count). The van der Waals surface area contributed by atoms with Gasteiger partial charge in [0.1, 0.15) is 0 Å². The zero-order valence-electron chi connectivity index (χ0n) is 9.86. The van der Waals surface area contributed by atoms with Gasteiger partial charge in [0.25, 0.3) is 0 Å². The summed E-state index contributed by atoms with van der Waals surface area (Å²) in [5.74, 6) is 2.01. The average Bonchev–Trinajstić information content (AvgIpc) is 2.73. The Morgan fingerprint density at radius 1 is 1.73 bits per heavy atom. The normalized spacial score (nSPS) is 37.4. The van der Waals surface area contributed by atoms with E-state index in [9.17, 15) is 0 Å². The van der Waals surface area contributed by atoms with Crippen LogP contribution in [0, 0.1) is 0 Å². The molecule has 0 aromatic heterocycles. The SMILES string of the molecule is CCC(C)N1C(N)=NCC12CCSC2C. The Hall–Kier alpha value is -0.380. The lowest BCUT2D eigenvalue weighted by Crippen LogP contribution is -2.58. The van der Waals surface area contributed by atoms with E-state index in [1.807, 2.05) is 0 Å². The highest BCUT2D eigenvalue weighted by molar-refractivity contribution is 8.00. The van der Waals surface area contributed by atoms with Crippen LogP contribution in [0.15, 0.2) is 4.99 Å². The number of nitrogens with two attached hydrogens (primary N) is 1. The van der Waals surface area contributed by atoms with Crippen molar-refractivity contribution < 1.29 is 0 Å². The molecule has 15 heavy (non-hydrogen) atoms. The molecule has 3 unspecified atom stereocenters. The van der Waals surface area contributed by atoms with Crippen LogP contribution in [0.25, 0.3) is 0 Å². The fourth-order valence-electron chi connectivity index (χ4n) is 2.74. The number of hydrogen-bond acceptors (Lipinski definition) is 4. The molecule has 0 aromatic rings. The number of rotatable bonds is 2. The summed E-state index contributed by atoms with van der Waals surface area (Å²) >= 11 is 2.06. The fourth-order valence-corrected chi connectivity index (χ4v) is 4.18. The number of guanidine groups is 1. The largest absolute Gasteiger partial charge is 0.370 e. The van der Waals surface area contributed by atoms with Crippen molar-refractivity contribution in [1.29, 1.82) is 0 Å². The lowest BCUT2D eigenvalue weighted by Gasteiger charge is -2.42. The van der Waals surface area contributed by atoms with Gasteiger partial charge >= 0.3 is 0 Å². The van der Waals surface area contributed by atoms with Crippen LogP contribution in [0.1, 0.15) is 33.6 Å². The maximum atomic E-state index is 6.04. The molecule has 1 fully saturated rings. The van der Waals surface area contributed by atoms with E-state index in [-0.39, 0.29) is 5.54 Å². The lowest BCUT2D eigenvalue weighted by molar-refractivity contribution is 0.156. The second-order valence-corrected chi connectivity index (χ2v) is 6.12. The van der Waals surface area contributed by atoms with E-state index in [0.717, 1.165) is 18.9 Å². The molecule has 0 bridgehead atoms. The van der Waals surface area contributed by atoms with Crippen molar-refractivity contribution in [3.63, 3.8) is 0 Å². The van der Waals surface area contributed by atoms with Gasteiger partial charge in [-0.25, -0.2) is 0 Å². The zero-order chi connectivity index (χ0) is 11.1. The summed E-state index contributed by atoms with van der Waals surface area (Å²) in [6.07, 6.45) is 2.36. The van der Waals surface area contributed by atoms with Crippen LogP contribution in [0.2, 0.25) is 0 Å². The summed E-state index contributed by atoms with van der Waals surface area (Å²) in [5.41, 5.74) is 6.27. The molecule has 2 N–H and O–H groups in total. The first-order chi connectivity index (χ1) is 7.12. The molecule has 4 heteroatoms. The van der Waals surface area contributed by atoms with Crippen molar-refractivity contribution in [1.82, 2.24) is 4.90 Å². The van der Waals surface area contributed by atoms with Crippen molar-refractivity contribution in [3.8, 4) is 0 Å². The van der Waals surface area contributed by atoms with Crippen LogP contribution in [-0.2, 0) is 0 Å². The van der Waals surface area contributed by atoms with Gasteiger partial charge in [0, 0.05) is 11.3 Å². The van der Waals surface area contributed by atoms with Crippen molar-refractivity contribution >= 4 is 17.7 Å². The first kappa shape index (κ1) is 11.1. The second kappa shape index (κ2) is 3.89. The van der Waals surface area contributed by atoms with E-state index in [1.54, 1.807) is 0 Å². The molecule has 0 radical (unpaired) electrons. The summed E-state index contributed by atoms with van der Waals surface area (Å²) < 4.78 is 0. The van der Waals surface area contributed by atoms with Crippen molar-refractivity contribution in [2.75, 3.05) is 12.3 Å². The summed E-state index contributed by atoms with van der Waals surface area (Å²) in [5, 5.41) is 0.649. The van der Waals surface area contributed by atoms with Gasteiger partial charge in [-0.05, 0) is 25.5 Å². The first-order valence-corrected chi connectivity index (χ1v) is 6.87. The Bertz CT molecular complexity index is 279. The van der Waals surface area contributed by atoms with Crippen LogP contribution in [0.5, 0.6) is 0 Å². The zero-order valence-corrected chi connectivity index (χ0v) is 10.7. The molecule has 3 atom stereocenters. The van der Waals surface area contributed by atoms with E-state index in [2.05, 4.69) is 42.4 Å². The van der Waals surface area contributed by atoms with Gasteiger partial charge in [-0.15, -0.1) is 0 Å². The standard InChI is InChI=1S/C11H21N3S/c1-4-8(2)14-10(12)13-7-11(14)5-6-15-9(11)3/h8-9H,4-7H2,1-3H3,(H2,12,13). The predicted molar refractivity (Wildman–Crippen MR) is 67.3 cm³/mol. The Labute approximate surface area is 96.5 Å². The molecule has 1 spiro atoms. The highest BCUT2D eigenvalue weighted by atomic mass is 32.2. The highest BCUT2D eigenvalue weighted by Gasteiger charge is 2.50. The maximum Gasteiger partial charge on any atom is 0.192 e. The van der Waals surface area contributed by atoms with Crippen LogP contribution >= 0.6 is 11.8 Å². The molecule has 2 aliphatic rings. The van der Waals surface area contributed by atoms with Gasteiger partial charge in [0.05, 0.1) is 12.1 Å². The molecular formula is C11H21N3S. The fraction of sp³-hybridized carbons (Fsp3) is 0.909. The van der Waals surface area contributed by atoms with E-state index >= 15 is 0 Å². The monoisotopic (exact) mass is 227 g/mol. The predicted octanol–water partition coefficient (Wildman–Crippen LogP) is 1.68. The minimum atomic E-state index is 0.226. The number of nitrogens with zero attached hydrogens (tertiary/aromatic N) is 2. The van der Waals surface area contributed by atoms with Crippen LogP contribution in [0.4, 0.5) is 0 Å². The minimum absolute atomic E-state index is 0.226. The molecular weight excluding hydrogens is 206 g/mol. The van der Waals surface area contributed by atoms with E-state index in [1.165, 1.54) is 12.2 Å². The third-order valence-electron chi connectivity index (χ3n) is 3.93. The third kappa shape index (κ3) is 1.53. The van der Waals surface area contributed by atoms with Crippen molar-refractivity contribution in [3.05, 3.63) is 0 Å². The van der Waals surface area contributed by atoms with Crippen LogP contribution < -0.4 is 5.73 Å². The Kier molecular flexibility index (Phi) is 2.88. The van der Waals surface area contributed by atoms with Gasteiger partial charge in [0.2, 0.25) is 0 Å². The molecule has 0 aliphatic carbocycles. The van der Waals surface area contributed by atoms with Gasteiger partial charge in [-0.1, -0.05) is 13.8 Å². The summed E-state index contributed by atoms with van der Waals surface area (Å²) in [6, 6.07) is 0.511. The molecule has 0 aromatic carbocycles. The Balaban J connectivity index is 2.26.